The van der Waals surface area contributed by atoms with E-state index < -0.39 is 5.60 Å². The second-order valence-corrected chi connectivity index (χ2v) is 11.7. The minimum absolute atomic E-state index is 0.0117. The molecule has 0 saturated carbocycles. The summed E-state index contributed by atoms with van der Waals surface area (Å²) >= 11 is 4.59. The zero-order chi connectivity index (χ0) is 24.2. The molecule has 3 rings (SSSR count). The van der Waals surface area contributed by atoms with Crippen LogP contribution < -0.4 is 10.5 Å². The van der Waals surface area contributed by atoms with E-state index in [1.807, 2.05) is 62.2 Å². The number of pyridine rings is 2. The second-order valence-electron chi connectivity index (χ2n) is 10.1. The van der Waals surface area contributed by atoms with Gasteiger partial charge in [0, 0.05) is 22.8 Å². The molecule has 2 aromatic heterocycles. The maximum absolute atomic E-state index is 12.8. The quantitative estimate of drug-likeness (QED) is 0.409. The van der Waals surface area contributed by atoms with Gasteiger partial charge >= 0.3 is 6.09 Å². The molecule has 1 saturated heterocycles. The number of rotatable bonds is 7. The van der Waals surface area contributed by atoms with Crippen molar-refractivity contribution in [1.82, 2.24) is 14.9 Å². The Morgan fingerprint density at radius 3 is 2.76 bits per heavy atom. The fraction of sp³-hybridized carbons (Fsp3) is 0.542. The lowest BCUT2D eigenvalue weighted by molar-refractivity contribution is 0.0131. The first-order valence-electron chi connectivity index (χ1n) is 11.2. The van der Waals surface area contributed by atoms with Gasteiger partial charge in [0.1, 0.15) is 16.4 Å². The summed E-state index contributed by atoms with van der Waals surface area (Å²) in [6, 6.07) is 9.77. The molecule has 33 heavy (non-hydrogen) atoms. The van der Waals surface area contributed by atoms with E-state index in [9.17, 15) is 4.79 Å². The van der Waals surface area contributed by atoms with Gasteiger partial charge in [0.25, 0.3) is 0 Å². The van der Waals surface area contributed by atoms with Gasteiger partial charge in [-0.25, -0.2) is 9.78 Å². The van der Waals surface area contributed by atoms with E-state index in [-0.39, 0.29) is 17.7 Å². The number of likely N-dealkylation sites (tertiary alicyclic amines) is 1. The van der Waals surface area contributed by atoms with Crippen molar-refractivity contribution in [2.45, 2.75) is 76.1 Å². The Kier molecular flexibility index (Phi) is 8.29. The third-order valence-corrected chi connectivity index (χ3v) is 6.65. The van der Waals surface area contributed by atoms with Crippen LogP contribution in [0.4, 0.5) is 10.6 Å². The standard InChI is InChI=1S/C24H34BrN5O2S/c1-23(2,3)32-22(31)30-15-16(13-24(30,4)5)9-11-19(18-12-10-17(25)14-27-18)28-20-7-6-8-21(29-20)33-26/h6-8,10,12,14,16,19H,9,11,13,15,26H2,1-5H3,(H,28,29). The van der Waals surface area contributed by atoms with Crippen LogP contribution in [0.25, 0.3) is 0 Å². The Balaban J connectivity index is 1.71. The average Bonchev–Trinajstić information content (AvgIpc) is 3.05. The molecule has 180 valence electrons. The molecular formula is C24H34BrN5O2S. The predicted molar refractivity (Wildman–Crippen MR) is 137 cm³/mol. The lowest BCUT2D eigenvalue weighted by atomic mass is 9.91. The molecular weight excluding hydrogens is 502 g/mol. The van der Waals surface area contributed by atoms with Crippen LogP contribution in [0.15, 0.2) is 46.0 Å². The van der Waals surface area contributed by atoms with Gasteiger partial charge in [-0.05, 0) is 112 Å². The van der Waals surface area contributed by atoms with Crippen LogP contribution in [-0.2, 0) is 4.74 Å². The van der Waals surface area contributed by atoms with Crippen LogP contribution in [0.1, 0.15) is 65.6 Å². The topological polar surface area (TPSA) is 93.4 Å². The second kappa shape index (κ2) is 10.6. The van der Waals surface area contributed by atoms with Crippen molar-refractivity contribution in [3.8, 4) is 0 Å². The first kappa shape index (κ1) is 25.8. The fourth-order valence-electron chi connectivity index (χ4n) is 4.25. The molecule has 2 aromatic rings. The van der Waals surface area contributed by atoms with Gasteiger partial charge in [-0.1, -0.05) is 6.07 Å². The van der Waals surface area contributed by atoms with Crippen molar-refractivity contribution < 1.29 is 9.53 Å². The molecule has 0 aromatic carbocycles. The normalized spacial score (nSPS) is 18.8. The number of halogens is 1. The van der Waals surface area contributed by atoms with E-state index in [1.54, 1.807) is 0 Å². The summed E-state index contributed by atoms with van der Waals surface area (Å²) in [7, 11) is 0. The molecule has 1 amide bonds. The summed E-state index contributed by atoms with van der Waals surface area (Å²) < 4.78 is 6.59. The number of carbonyl (C=O) groups is 1. The number of hydrogen-bond donors (Lipinski definition) is 2. The van der Waals surface area contributed by atoms with E-state index >= 15 is 0 Å². The minimum Gasteiger partial charge on any atom is -0.444 e. The molecule has 0 radical (unpaired) electrons. The minimum atomic E-state index is -0.503. The summed E-state index contributed by atoms with van der Waals surface area (Å²) in [6.07, 6.45) is 4.32. The van der Waals surface area contributed by atoms with Crippen LogP contribution in [0.5, 0.6) is 0 Å². The van der Waals surface area contributed by atoms with Crippen LogP contribution in [-0.4, -0.2) is 38.6 Å². The van der Waals surface area contributed by atoms with Gasteiger partial charge in [-0.2, -0.15) is 0 Å². The van der Waals surface area contributed by atoms with Crippen molar-refractivity contribution in [1.29, 1.82) is 0 Å². The third kappa shape index (κ3) is 7.32. The first-order chi connectivity index (χ1) is 15.5. The number of anilines is 1. The Morgan fingerprint density at radius 2 is 2.12 bits per heavy atom. The molecule has 0 bridgehead atoms. The van der Waals surface area contributed by atoms with E-state index in [1.165, 1.54) is 0 Å². The number of nitrogens with two attached hydrogens (primary N) is 1. The molecule has 0 spiro atoms. The van der Waals surface area contributed by atoms with Gasteiger partial charge in [0.05, 0.1) is 11.7 Å². The Morgan fingerprint density at radius 1 is 1.36 bits per heavy atom. The van der Waals surface area contributed by atoms with Crippen LogP contribution in [0.2, 0.25) is 0 Å². The number of carbonyl (C=O) groups excluding carboxylic acids is 1. The van der Waals surface area contributed by atoms with Crippen molar-refractivity contribution in [3.63, 3.8) is 0 Å². The van der Waals surface area contributed by atoms with Gasteiger partial charge in [0.2, 0.25) is 0 Å². The van der Waals surface area contributed by atoms with E-state index in [0.717, 1.165) is 52.2 Å². The average molecular weight is 537 g/mol. The number of nitrogens with one attached hydrogen (secondary N) is 1. The number of hydrogen-bond acceptors (Lipinski definition) is 7. The highest BCUT2D eigenvalue weighted by atomic mass is 79.9. The summed E-state index contributed by atoms with van der Waals surface area (Å²) in [4.78, 5) is 23.8. The highest BCUT2D eigenvalue weighted by molar-refractivity contribution is 9.10. The summed E-state index contributed by atoms with van der Waals surface area (Å²) in [5.74, 6) is 1.15. The SMILES string of the molecule is CC(C)(C)OC(=O)N1CC(CCC(Nc2cccc(SN)n2)c2ccc(Br)cn2)CC1(C)C. The maximum atomic E-state index is 12.8. The number of aromatic nitrogens is 2. The number of ether oxygens (including phenoxy) is 1. The van der Waals surface area contributed by atoms with Crippen LogP contribution >= 0.6 is 27.9 Å². The van der Waals surface area contributed by atoms with Crippen molar-refractivity contribution >= 4 is 39.8 Å². The molecule has 1 aliphatic heterocycles. The third-order valence-electron chi connectivity index (χ3n) is 5.71. The summed E-state index contributed by atoms with van der Waals surface area (Å²) in [6.45, 7) is 10.6. The zero-order valence-corrected chi connectivity index (χ0v) is 22.4. The molecule has 3 N–H and O–H groups in total. The molecule has 1 fully saturated rings. The molecule has 9 heteroatoms. The molecule has 2 atom stereocenters. The van der Waals surface area contributed by atoms with E-state index in [2.05, 4.69) is 45.1 Å². The summed E-state index contributed by atoms with van der Waals surface area (Å²) in [5.41, 5.74) is 0.212. The van der Waals surface area contributed by atoms with Crippen LogP contribution in [0.3, 0.4) is 0 Å². The van der Waals surface area contributed by atoms with Gasteiger partial charge < -0.3 is 15.0 Å². The molecule has 7 nitrogen and oxygen atoms in total. The van der Waals surface area contributed by atoms with Gasteiger partial charge in [-0.3, -0.25) is 10.1 Å². The lowest BCUT2D eigenvalue weighted by Crippen LogP contribution is -2.45. The molecule has 3 heterocycles. The Bertz CT molecular complexity index is 949. The number of amides is 1. The molecule has 1 aliphatic rings. The Hall–Kier alpha value is -1.84. The van der Waals surface area contributed by atoms with Crippen molar-refractivity contribution in [2.24, 2.45) is 11.1 Å². The summed E-state index contributed by atoms with van der Waals surface area (Å²) in [5, 5.41) is 9.98. The lowest BCUT2D eigenvalue weighted by Gasteiger charge is -2.33. The molecule has 0 aliphatic carbocycles. The van der Waals surface area contributed by atoms with Crippen LogP contribution in [0, 0.1) is 5.92 Å². The largest absolute Gasteiger partial charge is 0.444 e. The maximum Gasteiger partial charge on any atom is 0.410 e. The van der Waals surface area contributed by atoms with E-state index in [4.69, 9.17) is 9.88 Å². The predicted octanol–water partition coefficient (Wildman–Crippen LogP) is 6.17. The fourth-order valence-corrected chi connectivity index (χ4v) is 4.79. The first-order valence-corrected chi connectivity index (χ1v) is 12.9. The highest BCUT2D eigenvalue weighted by Crippen LogP contribution is 2.37. The monoisotopic (exact) mass is 535 g/mol. The van der Waals surface area contributed by atoms with E-state index in [0.29, 0.717) is 12.5 Å². The zero-order valence-electron chi connectivity index (χ0n) is 20.0. The van der Waals surface area contributed by atoms with Crippen molar-refractivity contribution in [2.75, 3.05) is 11.9 Å². The smallest absolute Gasteiger partial charge is 0.410 e. The van der Waals surface area contributed by atoms with Crippen molar-refractivity contribution in [3.05, 3.63) is 46.7 Å². The highest BCUT2D eigenvalue weighted by Gasteiger charge is 2.42. The Labute approximate surface area is 209 Å². The molecule has 2 unspecified atom stereocenters. The van der Waals surface area contributed by atoms with Gasteiger partial charge in [0.15, 0.2) is 0 Å². The van der Waals surface area contributed by atoms with Gasteiger partial charge in [-0.15, -0.1) is 0 Å². The number of nitrogens with zero attached hydrogens (tertiary/aromatic N) is 3.